The maximum atomic E-state index is 11.8. The van der Waals surface area contributed by atoms with Crippen LogP contribution in [0.1, 0.15) is 33.1 Å². The molecule has 1 aromatic rings. The van der Waals surface area contributed by atoms with Gasteiger partial charge in [-0.25, -0.2) is 4.98 Å². The van der Waals surface area contributed by atoms with E-state index in [4.69, 9.17) is 0 Å². The Morgan fingerprint density at radius 3 is 2.94 bits per heavy atom. The van der Waals surface area contributed by atoms with Crippen LogP contribution in [0.25, 0.3) is 0 Å². The predicted molar refractivity (Wildman–Crippen MR) is 73.0 cm³/mol. The Bertz CT molecular complexity index is 423. The van der Waals surface area contributed by atoms with Gasteiger partial charge in [0.05, 0.1) is 0 Å². The van der Waals surface area contributed by atoms with Gasteiger partial charge in [0.1, 0.15) is 0 Å². The summed E-state index contributed by atoms with van der Waals surface area (Å²) in [5.74, 6) is 0.528. The molecule has 1 unspecified atom stereocenters. The Morgan fingerprint density at radius 2 is 2.33 bits per heavy atom. The Morgan fingerprint density at radius 1 is 1.50 bits per heavy atom. The van der Waals surface area contributed by atoms with Crippen molar-refractivity contribution in [2.45, 2.75) is 45.2 Å². The number of nitrogens with one attached hydrogen (secondary N) is 2. The standard InChI is InChI=1S/C13H22N4O/c1-10(2)17(9-11-5-3-4-6-14-11)12-13(18)16-8-7-15-12/h7-8,10-11,14H,3-6,9H2,1-2H3,(H,16,18). The van der Waals surface area contributed by atoms with E-state index < -0.39 is 0 Å². The van der Waals surface area contributed by atoms with Crippen LogP contribution in [0.4, 0.5) is 5.82 Å². The molecule has 1 atom stereocenters. The second kappa shape index (κ2) is 6.00. The molecule has 1 saturated heterocycles. The lowest BCUT2D eigenvalue weighted by Crippen LogP contribution is -2.47. The van der Waals surface area contributed by atoms with Crippen molar-refractivity contribution in [3.8, 4) is 0 Å². The number of piperidine rings is 1. The van der Waals surface area contributed by atoms with Crippen LogP contribution in [0, 0.1) is 0 Å². The zero-order chi connectivity index (χ0) is 13.0. The van der Waals surface area contributed by atoms with Crippen LogP contribution < -0.4 is 15.8 Å². The van der Waals surface area contributed by atoms with Gasteiger partial charge in [-0.15, -0.1) is 0 Å². The van der Waals surface area contributed by atoms with E-state index in [1.807, 2.05) is 0 Å². The second-order valence-corrected chi connectivity index (χ2v) is 5.13. The number of aromatic amines is 1. The Labute approximate surface area is 108 Å². The molecule has 0 amide bonds. The largest absolute Gasteiger partial charge is 0.348 e. The van der Waals surface area contributed by atoms with E-state index in [9.17, 15) is 4.79 Å². The summed E-state index contributed by atoms with van der Waals surface area (Å²) in [5, 5.41) is 3.51. The average molecular weight is 250 g/mol. The van der Waals surface area contributed by atoms with E-state index in [1.165, 1.54) is 19.3 Å². The summed E-state index contributed by atoms with van der Waals surface area (Å²) in [7, 11) is 0. The van der Waals surface area contributed by atoms with E-state index in [1.54, 1.807) is 12.4 Å². The first-order valence-electron chi connectivity index (χ1n) is 6.72. The van der Waals surface area contributed by atoms with Crippen LogP contribution in [-0.4, -0.2) is 35.1 Å². The summed E-state index contributed by atoms with van der Waals surface area (Å²) >= 11 is 0. The van der Waals surface area contributed by atoms with Crippen LogP contribution in [-0.2, 0) is 0 Å². The maximum absolute atomic E-state index is 11.8. The molecule has 0 aliphatic carbocycles. The molecule has 2 rings (SSSR count). The minimum atomic E-state index is -0.109. The highest BCUT2D eigenvalue weighted by Crippen LogP contribution is 2.13. The van der Waals surface area contributed by atoms with Crippen molar-refractivity contribution < 1.29 is 0 Å². The summed E-state index contributed by atoms with van der Waals surface area (Å²) in [5.41, 5.74) is -0.109. The first-order valence-corrected chi connectivity index (χ1v) is 6.72. The molecule has 0 spiro atoms. The van der Waals surface area contributed by atoms with Gasteiger partial charge in [-0.2, -0.15) is 0 Å². The fourth-order valence-electron chi connectivity index (χ4n) is 2.41. The van der Waals surface area contributed by atoms with Crippen LogP contribution in [0.5, 0.6) is 0 Å². The van der Waals surface area contributed by atoms with Crippen LogP contribution >= 0.6 is 0 Å². The molecule has 0 aromatic carbocycles. The first kappa shape index (κ1) is 13.1. The third kappa shape index (κ3) is 3.10. The van der Waals surface area contributed by atoms with E-state index in [-0.39, 0.29) is 11.6 Å². The second-order valence-electron chi connectivity index (χ2n) is 5.13. The smallest absolute Gasteiger partial charge is 0.290 e. The van der Waals surface area contributed by atoms with Crippen molar-refractivity contribution in [2.24, 2.45) is 0 Å². The molecular weight excluding hydrogens is 228 g/mol. The zero-order valence-electron chi connectivity index (χ0n) is 11.1. The lowest BCUT2D eigenvalue weighted by atomic mass is 10.0. The highest BCUT2D eigenvalue weighted by Gasteiger charge is 2.21. The third-order valence-electron chi connectivity index (χ3n) is 3.41. The first-order chi connectivity index (χ1) is 8.68. The van der Waals surface area contributed by atoms with Gasteiger partial charge in [0.15, 0.2) is 5.82 Å². The van der Waals surface area contributed by atoms with Gasteiger partial charge in [0, 0.05) is 31.0 Å². The molecule has 5 heteroatoms. The lowest BCUT2D eigenvalue weighted by Gasteiger charge is -2.33. The quantitative estimate of drug-likeness (QED) is 0.841. The highest BCUT2D eigenvalue weighted by molar-refractivity contribution is 5.36. The fourth-order valence-corrected chi connectivity index (χ4v) is 2.41. The van der Waals surface area contributed by atoms with Gasteiger partial charge in [-0.1, -0.05) is 6.42 Å². The normalized spacial score (nSPS) is 20.1. The fraction of sp³-hybridized carbons (Fsp3) is 0.692. The molecule has 1 aromatic heterocycles. The van der Waals surface area contributed by atoms with Gasteiger partial charge >= 0.3 is 0 Å². The van der Waals surface area contributed by atoms with Gasteiger partial charge in [0.2, 0.25) is 0 Å². The molecule has 0 bridgehead atoms. The van der Waals surface area contributed by atoms with Gasteiger partial charge in [0.25, 0.3) is 5.56 Å². The Hall–Kier alpha value is -1.36. The van der Waals surface area contributed by atoms with E-state index in [0.717, 1.165) is 13.1 Å². The Kier molecular flexibility index (Phi) is 4.36. The number of aromatic nitrogens is 2. The van der Waals surface area contributed by atoms with Crippen molar-refractivity contribution in [2.75, 3.05) is 18.0 Å². The van der Waals surface area contributed by atoms with Gasteiger partial charge < -0.3 is 15.2 Å². The van der Waals surface area contributed by atoms with Crippen molar-refractivity contribution >= 4 is 5.82 Å². The number of nitrogens with zero attached hydrogens (tertiary/aromatic N) is 2. The highest BCUT2D eigenvalue weighted by atomic mass is 16.1. The molecule has 0 radical (unpaired) electrons. The zero-order valence-corrected chi connectivity index (χ0v) is 11.1. The van der Waals surface area contributed by atoms with E-state index in [2.05, 4.69) is 34.0 Å². The summed E-state index contributed by atoms with van der Waals surface area (Å²) in [6.07, 6.45) is 6.90. The maximum Gasteiger partial charge on any atom is 0.290 e. The van der Waals surface area contributed by atoms with E-state index in [0.29, 0.717) is 11.9 Å². The molecule has 100 valence electrons. The van der Waals surface area contributed by atoms with E-state index >= 15 is 0 Å². The molecule has 2 heterocycles. The van der Waals surface area contributed by atoms with Gasteiger partial charge in [-0.3, -0.25) is 4.79 Å². The number of rotatable bonds is 4. The summed E-state index contributed by atoms with van der Waals surface area (Å²) in [4.78, 5) is 20.8. The molecule has 1 aliphatic rings. The lowest BCUT2D eigenvalue weighted by molar-refractivity contribution is 0.392. The molecule has 1 aliphatic heterocycles. The Balaban J connectivity index is 2.13. The summed E-state index contributed by atoms with van der Waals surface area (Å²) in [6.45, 7) is 6.11. The molecule has 5 nitrogen and oxygen atoms in total. The SMILES string of the molecule is CC(C)N(CC1CCCCN1)c1ncc[nH]c1=O. The number of anilines is 1. The average Bonchev–Trinajstić information content (AvgIpc) is 2.38. The van der Waals surface area contributed by atoms with Crippen molar-refractivity contribution in [1.82, 2.24) is 15.3 Å². The molecule has 0 saturated carbocycles. The minimum Gasteiger partial charge on any atom is -0.348 e. The monoisotopic (exact) mass is 250 g/mol. The van der Waals surface area contributed by atoms with Gasteiger partial charge in [-0.05, 0) is 33.2 Å². The number of hydrogen-bond acceptors (Lipinski definition) is 4. The summed E-state index contributed by atoms with van der Waals surface area (Å²) in [6, 6.07) is 0.729. The topological polar surface area (TPSA) is 61.0 Å². The minimum absolute atomic E-state index is 0.109. The summed E-state index contributed by atoms with van der Waals surface area (Å²) < 4.78 is 0. The molecule has 1 fully saturated rings. The van der Waals surface area contributed by atoms with Crippen LogP contribution in [0.3, 0.4) is 0 Å². The van der Waals surface area contributed by atoms with Crippen molar-refractivity contribution in [3.63, 3.8) is 0 Å². The third-order valence-corrected chi connectivity index (χ3v) is 3.41. The van der Waals surface area contributed by atoms with Crippen molar-refractivity contribution in [1.29, 1.82) is 0 Å². The molecule has 18 heavy (non-hydrogen) atoms. The predicted octanol–water partition coefficient (Wildman–Crippen LogP) is 1.13. The number of H-pyrrole nitrogens is 1. The van der Waals surface area contributed by atoms with Crippen molar-refractivity contribution in [3.05, 3.63) is 22.7 Å². The molecular formula is C13H22N4O. The van der Waals surface area contributed by atoms with Crippen LogP contribution in [0.2, 0.25) is 0 Å². The van der Waals surface area contributed by atoms with Crippen LogP contribution in [0.15, 0.2) is 17.2 Å². The number of hydrogen-bond donors (Lipinski definition) is 2. The molecule has 2 N–H and O–H groups in total.